The normalized spacial score (nSPS) is 10.4. The Kier molecular flexibility index (Phi) is 3.43. The Morgan fingerprint density at radius 2 is 2.00 bits per heavy atom. The minimum Gasteiger partial charge on any atom is -0.435 e. The third kappa shape index (κ3) is 2.43. The molecule has 2 N–H and O–H groups in total. The van der Waals surface area contributed by atoms with Crippen LogP contribution in [-0.4, -0.2) is 23.8 Å². The van der Waals surface area contributed by atoms with Gasteiger partial charge >= 0.3 is 13.7 Å². The van der Waals surface area contributed by atoms with Gasteiger partial charge in [0.15, 0.2) is 0 Å². The molecule has 0 fully saturated rings. The molecule has 0 saturated carbocycles. The van der Waals surface area contributed by atoms with E-state index >= 15 is 0 Å². The van der Waals surface area contributed by atoms with E-state index in [0.717, 1.165) is 0 Å². The molecule has 0 spiro atoms. The Morgan fingerprint density at radius 1 is 1.36 bits per heavy atom. The molecule has 0 aliphatic carbocycles. The first-order valence-corrected chi connectivity index (χ1v) is 3.93. The quantitative estimate of drug-likeness (QED) is 0.692. The van der Waals surface area contributed by atoms with Crippen LogP contribution in [0.3, 0.4) is 0 Å². The number of ether oxygens (including phenoxy) is 1. The van der Waals surface area contributed by atoms with Crippen molar-refractivity contribution in [3.63, 3.8) is 0 Å². The van der Waals surface area contributed by atoms with Gasteiger partial charge in [-0.1, -0.05) is 12.1 Å². The van der Waals surface area contributed by atoms with Gasteiger partial charge in [0, 0.05) is 0 Å². The lowest BCUT2D eigenvalue weighted by molar-refractivity contribution is -0.0502. The van der Waals surface area contributed by atoms with Crippen LogP contribution in [-0.2, 0) is 0 Å². The molecule has 0 aliphatic heterocycles. The molecule has 0 bridgehead atoms. The van der Waals surface area contributed by atoms with E-state index in [1.165, 1.54) is 25.1 Å². The highest BCUT2D eigenvalue weighted by molar-refractivity contribution is 6.59. The van der Waals surface area contributed by atoms with E-state index in [4.69, 9.17) is 10.0 Å². The average molecular weight is 202 g/mol. The first kappa shape index (κ1) is 10.9. The van der Waals surface area contributed by atoms with E-state index in [-0.39, 0.29) is 11.2 Å². The summed E-state index contributed by atoms with van der Waals surface area (Å²) >= 11 is 0. The van der Waals surface area contributed by atoms with Crippen LogP contribution in [0.2, 0.25) is 0 Å². The van der Waals surface area contributed by atoms with Crippen LogP contribution >= 0.6 is 0 Å². The molecule has 0 saturated heterocycles. The van der Waals surface area contributed by atoms with Crippen LogP contribution in [0, 0.1) is 6.92 Å². The van der Waals surface area contributed by atoms with E-state index in [9.17, 15) is 8.78 Å². The summed E-state index contributed by atoms with van der Waals surface area (Å²) < 4.78 is 28.0. The van der Waals surface area contributed by atoms with E-state index in [1.54, 1.807) is 0 Å². The molecule has 0 aliphatic rings. The predicted octanol–water partition coefficient (Wildman–Crippen LogP) is 0.276. The molecule has 0 aromatic heterocycles. The average Bonchev–Trinajstić information content (AvgIpc) is 2.07. The highest BCUT2D eigenvalue weighted by atomic mass is 19.3. The Morgan fingerprint density at radius 3 is 2.50 bits per heavy atom. The Labute approximate surface area is 80.1 Å². The second-order valence-electron chi connectivity index (χ2n) is 2.72. The first-order chi connectivity index (χ1) is 6.52. The van der Waals surface area contributed by atoms with E-state index in [0.29, 0.717) is 5.56 Å². The largest absolute Gasteiger partial charge is 0.488 e. The van der Waals surface area contributed by atoms with Gasteiger partial charge in [0.2, 0.25) is 0 Å². The minimum atomic E-state index is -2.92. The molecular formula is C8H9BF2O3. The SMILES string of the molecule is Cc1c(OC(F)F)cccc1B(O)O. The standard InChI is InChI=1S/C8H9BF2O3/c1-5-6(9(12)13)3-2-4-7(5)14-8(10)11/h2-4,8,12-13H,1H3. The van der Waals surface area contributed by atoms with Crippen molar-refractivity contribution in [1.82, 2.24) is 0 Å². The van der Waals surface area contributed by atoms with Gasteiger partial charge < -0.3 is 14.8 Å². The molecule has 0 unspecified atom stereocenters. The number of halogens is 2. The smallest absolute Gasteiger partial charge is 0.435 e. The van der Waals surface area contributed by atoms with Gasteiger partial charge in [-0.05, 0) is 24.0 Å². The molecule has 1 aromatic carbocycles. The molecule has 0 amide bonds. The highest BCUT2D eigenvalue weighted by Gasteiger charge is 2.17. The fourth-order valence-corrected chi connectivity index (χ4v) is 1.13. The van der Waals surface area contributed by atoms with Crippen LogP contribution in [0.4, 0.5) is 8.78 Å². The zero-order valence-electron chi connectivity index (χ0n) is 7.45. The third-order valence-corrected chi connectivity index (χ3v) is 1.82. The molecule has 0 atom stereocenters. The second-order valence-corrected chi connectivity index (χ2v) is 2.72. The highest BCUT2D eigenvalue weighted by Crippen LogP contribution is 2.17. The van der Waals surface area contributed by atoms with Gasteiger partial charge in [0.1, 0.15) is 5.75 Å². The van der Waals surface area contributed by atoms with Crippen LogP contribution < -0.4 is 10.2 Å². The number of hydrogen-bond donors (Lipinski definition) is 2. The van der Waals surface area contributed by atoms with E-state index in [1.807, 2.05) is 0 Å². The van der Waals surface area contributed by atoms with Crippen molar-refractivity contribution in [2.24, 2.45) is 0 Å². The summed E-state index contributed by atoms with van der Waals surface area (Å²) in [4.78, 5) is 0. The lowest BCUT2D eigenvalue weighted by atomic mass is 9.77. The van der Waals surface area contributed by atoms with Crippen molar-refractivity contribution in [2.45, 2.75) is 13.5 Å². The monoisotopic (exact) mass is 202 g/mol. The molecule has 0 heterocycles. The van der Waals surface area contributed by atoms with Crippen molar-refractivity contribution in [3.05, 3.63) is 23.8 Å². The van der Waals surface area contributed by atoms with Crippen molar-refractivity contribution in [2.75, 3.05) is 0 Å². The fourth-order valence-electron chi connectivity index (χ4n) is 1.13. The maximum absolute atomic E-state index is 11.9. The van der Waals surface area contributed by atoms with Gasteiger partial charge in [0.05, 0.1) is 0 Å². The van der Waals surface area contributed by atoms with Gasteiger partial charge in [-0.25, -0.2) is 0 Å². The van der Waals surface area contributed by atoms with Crippen LogP contribution in [0.15, 0.2) is 18.2 Å². The molecule has 3 nitrogen and oxygen atoms in total. The summed E-state index contributed by atoms with van der Waals surface area (Å²) in [6.07, 6.45) is 0. The molecule has 0 radical (unpaired) electrons. The maximum Gasteiger partial charge on any atom is 0.488 e. The zero-order valence-corrected chi connectivity index (χ0v) is 7.45. The maximum atomic E-state index is 11.9. The van der Waals surface area contributed by atoms with Gasteiger partial charge in [-0.15, -0.1) is 0 Å². The topological polar surface area (TPSA) is 49.7 Å². The van der Waals surface area contributed by atoms with Gasteiger partial charge in [0.25, 0.3) is 0 Å². The van der Waals surface area contributed by atoms with Gasteiger partial charge in [-0.2, -0.15) is 8.78 Å². The van der Waals surface area contributed by atoms with Crippen molar-refractivity contribution in [3.8, 4) is 5.75 Å². The molecular weight excluding hydrogens is 193 g/mol. The summed E-state index contributed by atoms with van der Waals surface area (Å²) in [7, 11) is -1.68. The molecule has 1 rings (SSSR count). The van der Waals surface area contributed by atoms with Crippen molar-refractivity contribution >= 4 is 12.6 Å². The van der Waals surface area contributed by atoms with Crippen LogP contribution in [0.1, 0.15) is 5.56 Å². The number of benzene rings is 1. The Hall–Kier alpha value is -1.14. The second kappa shape index (κ2) is 4.39. The summed E-state index contributed by atoms with van der Waals surface area (Å²) in [5.41, 5.74) is 0.450. The first-order valence-electron chi connectivity index (χ1n) is 3.93. The van der Waals surface area contributed by atoms with Crippen molar-refractivity contribution in [1.29, 1.82) is 0 Å². The summed E-state index contributed by atoms with van der Waals surface area (Å²) in [5.74, 6) is -0.0504. The number of hydrogen-bond acceptors (Lipinski definition) is 3. The molecule has 14 heavy (non-hydrogen) atoms. The molecule has 6 heteroatoms. The zero-order chi connectivity index (χ0) is 10.7. The molecule has 76 valence electrons. The van der Waals surface area contributed by atoms with E-state index < -0.39 is 13.7 Å². The molecule has 1 aromatic rings. The van der Waals surface area contributed by atoms with Crippen LogP contribution in [0.25, 0.3) is 0 Å². The van der Waals surface area contributed by atoms with E-state index in [2.05, 4.69) is 4.74 Å². The lowest BCUT2D eigenvalue weighted by Gasteiger charge is -2.11. The predicted molar refractivity (Wildman–Crippen MR) is 47.6 cm³/mol. The Balaban J connectivity index is 3.01. The van der Waals surface area contributed by atoms with Crippen molar-refractivity contribution < 1.29 is 23.6 Å². The summed E-state index contributed by atoms with van der Waals surface area (Å²) in [6.45, 7) is -1.44. The van der Waals surface area contributed by atoms with Crippen LogP contribution in [0.5, 0.6) is 5.75 Å². The Bertz CT molecular complexity index is 317. The third-order valence-electron chi connectivity index (χ3n) is 1.82. The summed E-state index contributed by atoms with van der Waals surface area (Å²) in [5, 5.41) is 17.8. The van der Waals surface area contributed by atoms with Gasteiger partial charge in [-0.3, -0.25) is 0 Å². The lowest BCUT2D eigenvalue weighted by Crippen LogP contribution is -2.32. The summed E-state index contributed by atoms with van der Waals surface area (Å²) in [6, 6.07) is 4.19. The number of rotatable bonds is 3. The number of alkyl halides is 2. The minimum absolute atomic E-state index is 0.0504. The fraction of sp³-hybridized carbons (Fsp3) is 0.250.